The van der Waals surface area contributed by atoms with Crippen LogP contribution in [0.25, 0.3) is 98.4 Å². The van der Waals surface area contributed by atoms with Gasteiger partial charge < -0.3 is 8.83 Å². The molecule has 0 atom stereocenters. The Bertz CT molecular complexity index is 2770. The molecule has 0 fully saturated rings. The summed E-state index contributed by atoms with van der Waals surface area (Å²) in [5.74, 6) is 0. The fourth-order valence-electron chi connectivity index (χ4n) is 7.86. The molecule has 0 N–H and O–H groups in total. The van der Waals surface area contributed by atoms with Gasteiger partial charge >= 0.3 is 0 Å². The first-order valence-corrected chi connectivity index (χ1v) is 16.0. The fourth-order valence-corrected chi connectivity index (χ4v) is 7.86. The van der Waals surface area contributed by atoms with Gasteiger partial charge in [-0.25, -0.2) is 0 Å². The van der Waals surface area contributed by atoms with Gasteiger partial charge in [0.2, 0.25) is 0 Å². The Hall–Kier alpha value is -5.86. The van der Waals surface area contributed by atoms with Crippen LogP contribution in [0.5, 0.6) is 0 Å². The molecule has 216 valence electrons. The van der Waals surface area contributed by atoms with Crippen molar-refractivity contribution in [1.82, 2.24) is 0 Å². The molecule has 46 heavy (non-hydrogen) atoms. The molecule has 0 spiro atoms. The summed E-state index contributed by atoms with van der Waals surface area (Å²) in [5.41, 5.74) is 9.69. The molecule has 0 unspecified atom stereocenters. The van der Waals surface area contributed by atoms with Crippen molar-refractivity contribution in [3.63, 3.8) is 0 Å². The number of fused-ring (bicyclic) bond motifs is 11. The van der Waals surface area contributed by atoms with Crippen LogP contribution >= 0.6 is 0 Å². The molecule has 0 amide bonds. The van der Waals surface area contributed by atoms with Crippen molar-refractivity contribution in [3.8, 4) is 22.3 Å². The van der Waals surface area contributed by atoms with Gasteiger partial charge in [0.05, 0.1) is 0 Å². The predicted octanol–water partition coefficient (Wildman–Crippen LogP) is 12.8. The number of aryl methyl sites for hydroxylation is 1. The molecule has 8 aromatic carbocycles. The monoisotopic (exact) mass is 588 g/mol. The third-order valence-electron chi connectivity index (χ3n) is 9.79. The number of hydrogen-bond donors (Lipinski definition) is 0. The van der Waals surface area contributed by atoms with Crippen LogP contribution in [0, 0.1) is 0 Å². The molecule has 2 heteroatoms. The molecule has 0 radical (unpaired) electrons. The smallest absolute Gasteiger partial charge is 0.143 e. The van der Waals surface area contributed by atoms with Gasteiger partial charge in [-0.05, 0) is 74.3 Å². The molecule has 2 nitrogen and oxygen atoms in total. The second-order valence-electron chi connectivity index (χ2n) is 12.2. The van der Waals surface area contributed by atoms with Crippen LogP contribution in [0.2, 0.25) is 0 Å². The molecule has 0 aliphatic rings. The summed E-state index contributed by atoms with van der Waals surface area (Å²) in [5, 5.41) is 11.9. The first kappa shape index (κ1) is 25.5. The van der Waals surface area contributed by atoms with Gasteiger partial charge in [0.15, 0.2) is 0 Å². The number of furan rings is 2. The largest absolute Gasteiger partial charge is 0.456 e. The zero-order valence-electron chi connectivity index (χ0n) is 25.3. The molecule has 10 rings (SSSR count). The lowest BCUT2D eigenvalue weighted by Gasteiger charge is -2.18. The lowest BCUT2D eigenvalue weighted by molar-refractivity contribution is 0.664. The van der Waals surface area contributed by atoms with Crippen LogP contribution < -0.4 is 0 Å². The number of para-hydroxylation sites is 2. The summed E-state index contributed by atoms with van der Waals surface area (Å²) in [6, 6.07) is 50.0. The van der Waals surface area contributed by atoms with Gasteiger partial charge in [-0.2, -0.15) is 0 Å². The molecule has 0 aliphatic carbocycles. The van der Waals surface area contributed by atoms with Crippen LogP contribution in [-0.4, -0.2) is 0 Å². The van der Waals surface area contributed by atoms with Crippen LogP contribution in [0.3, 0.4) is 0 Å². The average Bonchev–Trinajstić information content (AvgIpc) is 3.70. The van der Waals surface area contributed by atoms with Crippen molar-refractivity contribution in [2.45, 2.75) is 13.3 Å². The normalized spacial score (nSPS) is 12.1. The highest BCUT2D eigenvalue weighted by molar-refractivity contribution is 6.35. The van der Waals surface area contributed by atoms with E-state index >= 15 is 0 Å². The molecule has 2 aromatic heterocycles. The zero-order chi connectivity index (χ0) is 30.4. The lowest BCUT2D eigenvalue weighted by atomic mass is 9.84. The quantitative estimate of drug-likeness (QED) is 0.192. The Morgan fingerprint density at radius 3 is 1.50 bits per heavy atom. The second kappa shape index (κ2) is 9.57. The van der Waals surface area contributed by atoms with Crippen LogP contribution in [0.15, 0.2) is 148 Å². The SMILES string of the molecule is CCc1cc2cc(-c3c4ccccc4c(-c4ccccc4)c4ccccc34)c3oc4ccccc4c3c2c2c1oc1ccccc12. The maximum Gasteiger partial charge on any atom is 0.143 e. The van der Waals surface area contributed by atoms with E-state index in [0.717, 1.165) is 50.5 Å². The minimum atomic E-state index is 0.878. The van der Waals surface area contributed by atoms with Gasteiger partial charge in [-0.1, -0.05) is 122 Å². The Labute approximate surface area is 265 Å². The molecular weight excluding hydrogens is 560 g/mol. The maximum atomic E-state index is 6.92. The van der Waals surface area contributed by atoms with Crippen molar-refractivity contribution < 1.29 is 8.83 Å². The number of hydrogen-bond acceptors (Lipinski definition) is 2. The summed E-state index contributed by atoms with van der Waals surface area (Å²) in [6.07, 6.45) is 0.878. The summed E-state index contributed by atoms with van der Waals surface area (Å²) >= 11 is 0. The molecular formula is C44H28O2. The minimum absolute atomic E-state index is 0.878. The van der Waals surface area contributed by atoms with Crippen molar-refractivity contribution in [2.75, 3.05) is 0 Å². The van der Waals surface area contributed by atoms with Crippen molar-refractivity contribution >= 4 is 76.2 Å². The summed E-state index contributed by atoms with van der Waals surface area (Å²) < 4.78 is 13.5. The van der Waals surface area contributed by atoms with Crippen molar-refractivity contribution in [3.05, 3.63) is 145 Å². The number of benzene rings is 8. The third-order valence-corrected chi connectivity index (χ3v) is 9.79. The van der Waals surface area contributed by atoms with E-state index in [2.05, 4.69) is 146 Å². The van der Waals surface area contributed by atoms with E-state index in [4.69, 9.17) is 8.83 Å². The molecule has 0 saturated heterocycles. The Kier molecular flexibility index (Phi) is 5.30. The topological polar surface area (TPSA) is 26.3 Å². The predicted molar refractivity (Wildman–Crippen MR) is 194 cm³/mol. The third kappa shape index (κ3) is 3.41. The minimum Gasteiger partial charge on any atom is -0.456 e. The molecule has 2 heterocycles. The molecule has 10 aromatic rings. The second-order valence-corrected chi connectivity index (χ2v) is 12.2. The van der Waals surface area contributed by atoms with E-state index in [1.807, 2.05) is 0 Å². The molecule has 0 bridgehead atoms. The first-order chi connectivity index (χ1) is 22.8. The Balaban J connectivity index is 1.46. The molecule has 0 saturated carbocycles. The van der Waals surface area contributed by atoms with Crippen LogP contribution in [0.1, 0.15) is 12.5 Å². The summed E-state index contributed by atoms with van der Waals surface area (Å²) in [7, 11) is 0. The van der Waals surface area contributed by atoms with Gasteiger partial charge in [-0.15, -0.1) is 0 Å². The summed E-state index contributed by atoms with van der Waals surface area (Å²) in [4.78, 5) is 0. The van der Waals surface area contributed by atoms with E-state index in [0.29, 0.717) is 0 Å². The van der Waals surface area contributed by atoms with Crippen LogP contribution in [-0.2, 0) is 6.42 Å². The van der Waals surface area contributed by atoms with E-state index in [-0.39, 0.29) is 0 Å². The van der Waals surface area contributed by atoms with E-state index in [1.54, 1.807) is 0 Å². The van der Waals surface area contributed by atoms with E-state index < -0.39 is 0 Å². The lowest BCUT2D eigenvalue weighted by Crippen LogP contribution is -1.92. The Morgan fingerprint density at radius 2 is 0.913 bits per heavy atom. The van der Waals surface area contributed by atoms with Gasteiger partial charge in [-0.3, -0.25) is 0 Å². The molecule has 0 aliphatic heterocycles. The highest BCUT2D eigenvalue weighted by Crippen LogP contribution is 2.50. The fraction of sp³-hybridized carbons (Fsp3) is 0.0455. The average molecular weight is 589 g/mol. The maximum absolute atomic E-state index is 6.92. The summed E-state index contributed by atoms with van der Waals surface area (Å²) in [6.45, 7) is 2.21. The highest BCUT2D eigenvalue weighted by Gasteiger charge is 2.24. The Morgan fingerprint density at radius 1 is 0.435 bits per heavy atom. The zero-order valence-corrected chi connectivity index (χ0v) is 25.3. The van der Waals surface area contributed by atoms with Gasteiger partial charge in [0.25, 0.3) is 0 Å². The standard InChI is InChI=1S/C44H28O2/c1-2-26-24-28-25-35(40-31-18-8-6-16-29(31)38(27-14-4-3-5-15-27)30-17-7-9-19-32(30)40)44-42(34-21-11-13-23-37(34)46-44)39(28)41-33-20-10-12-22-36(33)45-43(26)41/h3-25H,2H2,1H3. The van der Waals surface area contributed by atoms with Gasteiger partial charge in [0, 0.05) is 38.1 Å². The van der Waals surface area contributed by atoms with Crippen molar-refractivity contribution in [1.29, 1.82) is 0 Å². The van der Waals surface area contributed by atoms with Crippen LogP contribution in [0.4, 0.5) is 0 Å². The first-order valence-electron chi connectivity index (χ1n) is 16.0. The van der Waals surface area contributed by atoms with Crippen molar-refractivity contribution in [2.24, 2.45) is 0 Å². The van der Waals surface area contributed by atoms with E-state index in [1.165, 1.54) is 60.0 Å². The highest BCUT2D eigenvalue weighted by atomic mass is 16.3. The van der Waals surface area contributed by atoms with E-state index in [9.17, 15) is 0 Å². The van der Waals surface area contributed by atoms with Gasteiger partial charge in [0.1, 0.15) is 22.3 Å². The number of rotatable bonds is 3.